The third-order valence-corrected chi connectivity index (χ3v) is 2.15. The van der Waals surface area contributed by atoms with Gasteiger partial charge in [-0.2, -0.15) is 26.3 Å². The Bertz CT molecular complexity index is 443. The number of alkyl halides is 6. The van der Waals surface area contributed by atoms with Crippen LogP contribution in [0, 0.1) is 0 Å². The molecule has 0 saturated carbocycles. The number of aliphatic hydroxyl groups is 1. The Labute approximate surface area is 103 Å². The van der Waals surface area contributed by atoms with Crippen LogP contribution in [0.2, 0.25) is 0 Å². The van der Waals surface area contributed by atoms with E-state index in [9.17, 15) is 26.3 Å². The van der Waals surface area contributed by atoms with Crippen LogP contribution in [0.25, 0.3) is 0 Å². The lowest BCUT2D eigenvalue weighted by molar-refractivity contribution is -0.192. The van der Waals surface area contributed by atoms with Gasteiger partial charge in [-0.25, -0.2) is 4.98 Å². The van der Waals surface area contributed by atoms with Crippen LogP contribution >= 0.6 is 0 Å². The smallest absolute Gasteiger partial charge is 0.425 e. The fraction of sp³-hybridized carbons (Fsp3) is 0.500. The first-order valence-corrected chi connectivity index (χ1v) is 4.96. The maximum Gasteiger partial charge on any atom is 0.425 e. The summed E-state index contributed by atoms with van der Waals surface area (Å²) in [4.78, 5) is 3.17. The fourth-order valence-electron chi connectivity index (χ4n) is 1.11. The minimum absolute atomic E-state index is 0.181. The zero-order valence-corrected chi connectivity index (χ0v) is 9.51. The molecular formula is C10H9F6NO2. The first kappa shape index (κ1) is 15.5. The maximum absolute atomic E-state index is 12.6. The molecule has 1 N–H and O–H groups in total. The molecule has 0 amide bonds. The topological polar surface area (TPSA) is 42.4 Å². The summed E-state index contributed by atoms with van der Waals surface area (Å²) in [6.45, 7) is -0.146. The zero-order valence-electron chi connectivity index (χ0n) is 9.51. The number of aliphatic hydroxyl groups excluding tert-OH is 1. The molecule has 0 bridgehead atoms. The van der Waals surface area contributed by atoms with E-state index in [1.165, 1.54) is 0 Å². The molecule has 1 rings (SSSR count). The second-order valence-electron chi connectivity index (χ2n) is 3.65. The molecule has 3 nitrogen and oxygen atoms in total. The summed E-state index contributed by atoms with van der Waals surface area (Å²) in [7, 11) is 0. The molecule has 0 unspecified atom stereocenters. The SMILES string of the molecule is C[C@H](Oc1ncc(CO)cc1C(F)(F)F)C(F)(F)F. The second-order valence-corrected chi connectivity index (χ2v) is 3.65. The Morgan fingerprint density at radius 3 is 2.26 bits per heavy atom. The molecule has 1 aromatic rings. The lowest BCUT2D eigenvalue weighted by Crippen LogP contribution is -2.32. The Morgan fingerprint density at radius 1 is 1.26 bits per heavy atom. The molecular weight excluding hydrogens is 280 g/mol. The van der Waals surface area contributed by atoms with Crippen LogP contribution in [0.4, 0.5) is 26.3 Å². The Kier molecular flexibility index (Phi) is 4.28. The highest BCUT2D eigenvalue weighted by Gasteiger charge is 2.41. The summed E-state index contributed by atoms with van der Waals surface area (Å²) in [5, 5.41) is 8.70. The number of hydrogen-bond acceptors (Lipinski definition) is 3. The Hall–Kier alpha value is -1.51. The molecule has 0 saturated heterocycles. The van der Waals surface area contributed by atoms with E-state index in [0.29, 0.717) is 13.0 Å². The van der Waals surface area contributed by atoms with E-state index in [1.807, 2.05) is 0 Å². The molecule has 0 radical (unpaired) electrons. The van der Waals surface area contributed by atoms with Crippen molar-refractivity contribution in [2.24, 2.45) is 0 Å². The number of rotatable bonds is 3. The molecule has 1 heterocycles. The second kappa shape index (κ2) is 5.24. The van der Waals surface area contributed by atoms with Crippen molar-refractivity contribution in [3.05, 3.63) is 23.4 Å². The standard InChI is InChI=1S/C10H9F6NO2/c1-5(9(11,12)13)19-8-7(10(14,15)16)2-6(4-18)3-17-8/h2-3,5,18H,4H2,1H3/t5-/m0/s1. The van der Waals surface area contributed by atoms with E-state index < -0.39 is 36.5 Å². The van der Waals surface area contributed by atoms with Gasteiger partial charge in [0.25, 0.3) is 0 Å². The molecule has 19 heavy (non-hydrogen) atoms. The molecule has 0 aliphatic rings. The predicted molar refractivity (Wildman–Crippen MR) is 51.3 cm³/mol. The van der Waals surface area contributed by atoms with E-state index >= 15 is 0 Å². The molecule has 0 aliphatic carbocycles. The Balaban J connectivity index is 3.14. The molecule has 0 fully saturated rings. The van der Waals surface area contributed by atoms with Crippen molar-refractivity contribution in [1.82, 2.24) is 4.98 Å². The minimum Gasteiger partial charge on any atom is -0.465 e. The van der Waals surface area contributed by atoms with E-state index in [2.05, 4.69) is 9.72 Å². The van der Waals surface area contributed by atoms with Gasteiger partial charge in [-0.15, -0.1) is 0 Å². The summed E-state index contributed by atoms with van der Waals surface area (Å²) in [5.41, 5.74) is -1.64. The van der Waals surface area contributed by atoms with Gasteiger partial charge in [0.05, 0.1) is 6.61 Å². The Morgan fingerprint density at radius 2 is 1.84 bits per heavy atom. The first-order valence-electron chi connectivity index (χ1n) is 4.96. The highest BCUT2D eigenvalue weighted by Crippen LogP contribution is 2.37. The van der Waals surface area contributed by atoms with Crippen molar-refractivity contribution in [3.8, 4) is 5.88 Å². The van der Waals surface area contributed by atoms with Gasteiger partial charge in [0.15, 0.2) is 6.10 Å². The molecule has 0 aliphatic heterocycles. The van der Waals surface area contributed by atoms with Crippen molar-refractivity contribution < 1.29 is 36.2 Å². The summed E-state index contributed by atoms with van der Waals surface area (Å²) in [6, 6.07) is 0.491. The molecule has 0 aromatic carbocycles. The largest absolute Gasteiger partial charge is 0.465 e. The third kappa shape index (κ3) is 3.98. The van der Waals surface area contributed by atoms with Crippen LogP contribution in [0.15, 0.2) is 12.3 Å². The summed E-state index contributed by atoms with van der Waals surface area (Å²) >= 11 is 0. The van der Waals surface area contributed by atoms with Crippen LogP contribution < -0.4 is 4.74 Å². The highest BCUT2D eigenvalue weighted by atomic mass is 19.4. The van der Waals surface area contributed by atoms with Gasteiger partial charge in [-0.05, 0) is 18.6 Å². The summed E-state index contributed by atoms with van der Waals surface area (Å²) in [6.07, 6.45) is -11.4. The van der Waals surface area contributed by atoms with Gasteiger partial charge < -0.3 is 9.84 Å². The normalized spacial score (nSPS) is 14.3. The molecule has 0 spiro atoms. The van der Waals surface area contributed by atoms with Crippen molar-refractivity contribution in [1.29, 1.82) is 0 Å². The van der Waals surface area contributed by atoms with Gasteiger partial charge in [-0.1, -0.05) is 0 Å². The van der Waals surface area contributed by atoms with Gasteiger partial charge in [0, 0.05) is 6.20 Å². The molecule has 108 valence electrons. The van der Waals surface area contributed by atoms with Crippen molar-refractivity contribution in [2.75, 3.05) is 0 Å². The average Bonchev–Trinajstić information content (AvgIpc) is 2.26. The summed E-state index contributed by atoms with van der Waals surface area (Å²) < 4.78 is 78.8. The van der Waals surface area contributed by atoms with Crippen LogP contribution in [0.3, 0.4) is 0 Å². The van der Waals surface area contributed by atoms with E-state index in [4.69, 9.17) is 5.11 Å². The first-order chi connectivity index (χ1) is 8.55. The van der Waals surface area contributed by atoms with Crippen molar-refractivity contribution >= 4 is 0 Å². The number of ether oxygens (including phenoxy) is 1. The monoisotopic (exact) mass is 289 g/mol. The molecule has 1 atom stereocenters. The molecule has 1 aromatic heterocycles. The number of halogens is 6. The number of pyridine rings is 1. The number of hydrogen-bond donors (Lipinski definition) is 1. The zero-order chi connectivity index (χ0) is 14.8. The lowest BCUT2D eigenvalue weighted by Gasteiger charge is -2.19. The van der Waals surface area contributed by atoms with E-state index in [0.717, 1.165) is 6.20 Å². The quantitative estimate of drug-likeness (QED) is 0.870. The number of nitrogens with zero attached hydrogens (tertiary/aromatic N) is 1. The van der Waals surface area contributed by atoms with Crippen LogP contribution in [-0.2, 0) is 12.8 Å². The third-order valence-electron chi connectivity index (χ3n) is 2.15. The fourth-order valence-corrected chi connectivity index (χ4v) is 1.11. The van der Waals surface area contributed by atoms with Gasteiger partial charge in [0.2, 0.25) is 5.88 Å². The van der Waals surface area contributed by atoms with Gasteiger partial charge in [-0.3, -0.25) is 0 Å². The van der Waals surface area contributed by atoms with Crippen LogP contribution in [0.5, 0.6) is 5.88 Å². The van der Waals surface area contributed by atoms with Crippen molar-refractivity contribution in [3.63, 3.8) is 0 Å². The van der Waals surface area contributed by atoms with E-state index in [-0.39, 0.29) is 5.56 Å². The van der Waals surface area contributed by atoms with Gasteiger partial charge in [0.1, 0.15) is 5.56 Å². The minimum atomic E-state index is -4.93. The highest BCUT2D eigenvalue weighted by molar-refractivity contribution is 5.32. The number of aromatic nitrogens is 1. The van der Waals surface area contributed by atoms with Crippen LogP contribution in [-0.4, -0.2) is 22.4 Å². The van der Waals surface area contributed by atoms with Gasteiger partial charge >= 0.3 is 12.4 Å². The molecule has 9 heteroatoms. The predicted octanol–water partition coefficient (Wildman–Crippen LogP) is 2.92. The van der Waals surface area contributed by atoms with Crippen molar-refractivity contribution in [2.45, 2.75) is 32.0 Å². The average molecular weight is 289 g/mol. The maximum atomic E-state index is 12.6. The summed E-state index contributed by atoms with van der Waals surface area (Å²) in [5.74, 6) is -1.17. The van der Waals surface area contributed by atoms with E-state index in [1.54, 1.807) is 0 Å². The lowest BCUT2D eigenvalue weighted by atomic mass is 10.2. The van der Waals surface area contributed by atoms with Crippen LogP contribution in [0.1, 0.15) is 18.1 Å².